The number of nitrogens with zero attached hydrogens (tertiary/aromatic N) is 2. The van der Waals surface area contributed by atoms with Crippen LogP contribution in [-0.4, -0.2) is 41.8 Å². The third-order valence-electron chi connectivity index (χ3n) is 3.77. The Bertz CT molecular complexity index is 917. The van der Waals surface area contributed by atoms with Crippen LogP contribution in [0.5, 0.6) is 0 Å². The van der Waals surface area contributed by atoms with E-state index in [1.54, 1.807) is 0 Å². The van der Waals surface area contributed by atoms with E-state index in [4.69, 9.17) is 4.42 Å². The second-order valence-electron chi connectivity index (χ2n) is 5.90. The Labute approximate surface area is 152 Å². The molecule has 0 saturated carbocycles. The van der Waals surface area contributed by atoms with Crippen molar-refractivity contribution in [2.45, 2.75) is 18.1 Å². The van der Waals surface area contributed by atoms with Gasteiger partial charge in [0.05, 0.1) is 17.3 Å². The van der Waals surface area contributed by atoms with E-state index in [1.165, 1.54) is 6.07 Å². The number of anilines is 1. The number of rotatable bonds is 6. The van der Waals surface area contributed by atoms with Gasteiger partial charge in [-0.15, -0.1) is 10.2 Å². The van der Waals surface area contributed by atoms with Crippen LogP contribution >= 0.6 is 11.8 Å². The minimum absolute atomic E-state index is 0.0324. The van der Waals surface area contributed by atoms with Gasteiger partial charge in [0.25, 0.3) is 5.22 Å². The van der Waals surface area contributed by atoms with Gasteiger partial charge in [0.15, 0.2) is 21.5 Å². The number of carbonyl (C=O) groups excluding carboxylic acids is 1. The Balaban J connectivity index is 1.48. The highest BCUT2D eigenvalue weighted by atomic mass is 32.2. The van der Waals surface area contributed by atoms with Crippen LogP contribution in [0.4, 0.5) is 14.5 Å². The molecule has 0 radical (unpaired) electrons. The summed E-state index contributed by atoms with van der Waals surface area (Å²) >= 11 is 0.995. The van der Waals surface area contributed by atoms with Gasteiger partial charge in [-0.25, -0.2) is 17.2 Å². The molecule has 7 nitrogen and oxygen atoms in total. The van der Waals surface area contributed by atoms with Crippen molar-refractivity contribution in [3.8, 4) is 0 Å². The lowest BCUT2D eigenvalue weighted by Gasteiger charge is -2.04. The number of hydrogen-bond donors (Lipinski definition) is 1. The zero-order valence-electron chi connectivity index (χ0n) is 13.4. The largest absolute Gasteiger partial charge is 0.416 e. The molecule has 0 aliphatic carbocycles. The normalized spacial score (nSPS) is 18.8. The lowest BCUT2D eigenvalue weighted by molar-refractivity contribution is -0.113. The number of hydrogen-bond acceptors (Lipinski definition) is 7. The summed E-state index contributed by atoms with van der Waals surface area (Å²) in [5.74, 6) is -1.95. The molecule has 1 aromatic carbocycles. The summed E-state index contributed by atoms with van der Waals surface area (Å²) in [6, 6.07) is 3.06. The monoisotopic (exact) mass is 403 g/mol. The Morgan fingerprint density at radius 1 is 1.31 bits per heavy atom. The minimum atomic E-state index is -2.96. The first kappa shape index (κ1) is 18.8. The molecule has 0 bridgehead atoms. The second kappa shape index (κ2) is 7.70. The van der Waals surface area contributed by atoms with Crippen LogP contribution in [-0.2, 0) is 21.1 Å². The number of thioether (sulfide) groups is 1. The van der Waals surface area contributed by atoms with Crippen molar-refractivity contribution in [3.63, 3.8) is 0 Å². The highest BCUT2D eigenvalue weighted by molar-refractivity contribution is 7.99. The molecular weight excluding hydrogens is 388 g/mol. The number of aromatic nitrogens is 2. The van der Waals surface area contributed by atoms with Gasteiger partial charge in [-0.2, -0.15) is 0 Å². The maximum absolute atomic E-state index is 13.1. The average Bonchev–Trinajstić information content (AvgIpc) is 3.15. The minimum Gasteiger partial charge on any atom is -0.416 e. The summed E-state index contributed by atoms with van der Waals surface area (Å²) in [5.41, 5.74) is 0.142. The van der Waals surface area contributed by atoms with Gasteiger partial charge in [-0.05, 0) is 24.5 Å². The van der Waals surface area contributed by atoms with Crippen LogP contribution < -0.4 is 5.32 Å². The third kappa shape index (κ3) is 5.01. The summed E-state index contributed by atoms with van der Waals surface area (Å²) in [6.07, 6.45) is 0.956. The van der Waals surface area contributed by atoms with Crippen molar-refractivity contribution in [2.24, 2.45) is 5.92 Å². The molecule has 1 amide bonds. The van der Waals surface area contributed by atoms with Crippen LogP contribution in [0.2, 0.25) is 0 Å². The quantitative estimate of drug-likeness (QED) is 0.737. The molecule has 140 valence electrons. The predicted octanol–water partition coefficient (Wildman–Crippen LogP) is 2.06. The topological polar surface area (TPSA) is 102 Å². The van der Waals surface area contributed by atoms with Gasteiger partial charge < -0.3 is 9.73 Å². The Morgan fingerprint density at radius 2 is 2.12 bits per heavy atom. The van der Waals surface area contributed by atoms with E-state index in [9.17, 15) is 22.0 Å². The molecule has 1 fully saturated rings. The molecule has 1 N–H and O–H groups in total. The van der Waals surface area contributed by atoms with Crippen LogP contribution in [0.3, 0.4) is 0 Å². The lowest BCUT2D eigenvalue weighted by atomic mass is 10.1. The molecule has 1 aliphatic rings. The van der Waals surface area contributed by atoms with Gasteiger partial charge in [0.2, 0.25) is 11.8 Å². The van der Waals surface area contributed by atoms with Crippen molar-refractivity contribution in [3.05, 3.63) is 35.7 Å². The summed E-state index contributed by atoms with van der Waals surface area (Å²) in [6.45, 7) is 0. The smallest absolute Gasteiger partial charge is 0.277 e. The zero-order valence-corrected chi connectivity index (χ0v) is 15.1. The molecule has 1 atom stereocenters. The molecule has 3 rings (SSSR count). The first-order chi connectivity index (χ1) is 12.3. The third-order valence-corrected chi connectivity index (χ3v) is 6.42. The Morgan fingerprint density at radius 3 is 2.81 bits per heavy atom. The lowest BCUT2D eigenvalue weighted by Crippen LogP contribution is -2.14. The van der Waals surface area contributed by atoms with E-state index >= 15 is 0 Å². The van der Waals surface area contributed by atoms with Crippen LogP contribution in [0.1, 0.15) is 12.3 Å². The maximum Gasteiger partial charge on any atom is 0.277 e. The summed E-state index contributed by atoms with van der Waals surface area (Å²) < 4.78 is 54.2. The van der Waals surface area contributed by atoms with Crippen molar-refractivity contribution < 1.29 is 26.4 Å². The fourth-order valence-corrected chi connectivity index (χ4v) is 5.00. The van der Waals surface area contributed by atoms with E-state index < -0.39 is 27.4 Å². The molecule has 0 unspecified atom stereocenters. The first-order valence-corrected chi connectivity index (χ1v) is 10.5. The molecule has 1 aromatic heterocycles. The van der Waals surface area contributed by atoms with Crippen LogP contribution in [0.15, 0.2) is 27.8 Å². The first-order valence-electron chi connectivity index (χ1n) is 7.71. The Hall–Kier alpha value is -2.01. The number of nitrogens with one attached hydrogen (secondary N) is 1. The van der Waals surface area contributed by atoms with E-state index in [2.05, 4.69) is 15.5 Å². The molecule has 26 heavy (non-hydrogen) atoms. The molecular formula is C15H15F2N3O4S2. The highest BCUT2D eigenvalue weighted by Crippen LogP contribution is 2.24. The van der Waals surface area contributed by atoms with Gasteiger partial charge in [-0.3, -0.25) is 4.79 Å². The van der Waals surface area contributed by atoms with E-state index in [1.807, 2.05) is 0 Å². The molecule has 2 heterocycles. The van der Waals surface area contributed by atoms with E-state index in [0.29, 0.717) is 18.7 Å². The molecule has 0 spiro atoms. The SMILES string of the molecule is O=C(CSc1nnc(C[C@H]2CCS(=O)(=O)C2)o1)Nc1ccc(F)c(F)c1. The fraction of sp³-hybridized carbons (Fsp3) is 0.400. The second-order valence-corrected chi connectivity index (χ2v) is 9.06. The fourth-order valence-electron chi connectivity index (χ4n) is 2.56. The van der Waals surface area contributed by atoms with Crippen LogP contribution in [0, 0.1) is 17.6 Å². The van der Waals surface area contributed by atoms with E-state index in [-0.39, 0.29) is 34.1 Å². The van der Waals surface area contributed by atoms with E-state index in [0.717, 1.165) is 23.9 Å². The van der Waals surface area contributed by atoms with Gasteiger partial charge in [0, 0.05) is 18.2 Å². The van der Waals surface area contributed by atoms with Gasteiger partial charge >= 0.3 is 0 Å². The number of carbonyl (C=O) groups is 1. The highest BCUT2D eigenvalue weighted by Gasteiger charge is 2.29. The summed E-state index contributed by atoms with van der Waals surface area (Å²) in [5, 5.41) is 10.3. The van der Waals surface area contributed by atoms with Crippen LogP contribution in [0.25, 0.3) is 0 Å². The predicted molar refractivity (Wildman–Crippen MR) is 90.5 cm³/mol. The molecule has 2 aromatic rings. The molecule has 1 saturated heterocycles. The van der Waals surface area contributed by atoms with Crippen molar-refractivity contribution in [1.29, 1.82) is 0 Å². The van der Waals surface area contributed by atoms with Crippen molar-refractivity contribution in [1.82, 2.24) is 10.2 Å². The number of halogens is 2. The van der Waals surface area contributed by atoms with Crippen molar-refractivity contribution >= 4 is 33.2 Å². The summed E-state index contributed by atoms with van der Waals surface area (Å²) in [7, 11) is -2.96. The standard InChI is InChI=1S/C15H15F2N3O4S2/c16-11-2-1-10(6-12(11)17)18-13(21)7-25-15-20-19-14(24-15)5-9-3-4-26(22,23)8-9/h1-2,6,9H,3-5,7-8H2,(H,18,21)/t9-/m1/s1. The van der Waals surface area contributed by atoms with Crippen molar-refractivity contribution in [2.75, 3.05) is 22.6 Å². The average molecular weight is 403 g/mol. The van der Waals surface area contributed by atoms with Gasteiger partial charge in [-0.1, -0.05) is 11.8 Å². The molecule has 1 aliphatic heterocycles. The zero-order chi connectivity index (χ0) is 18.7. The number of sulfone groups is 1. The Kier molecular flexibility index (Phi) is 5.56. The molecule has 11 heteroatoms. The number of benzene rings is 1. The number of amides is 1. The summed E-state index contributed by atoms with van der Waals surface area (Å²) in [4.78, 5) is 11.8. The maximum atomic E-state index is 13.1. The van der Waals surface area contributed by atoms with Gasteiger partial charge in [0.1, 0.15) is 0 Å².